The number of nitrogens with one attached hydrogen (secondary N) is 1. The number of likely N-dealkylation sites (N-methyl/N-ethyl adjacent to an activating group) is 1. The van der Waals surface area contributed by atoms with Crippen LogP contribution in [0, 0.1) is 5.92 Å². The summed E-state index contributed by atoms with van der Waals surface area (Å²) in [6.07, 6.45) is 8.35. The van der Waals surface area contributed by atoms with E-state index in [9.17, 15) is 0 Å². The fourth-order valence-electron chi connectivity index (χ4n) is 5.46. The first-order chi connectivity index (χ1) is 9.74. The molecule has 1 aliphatic heterocycles. The van der Waals surface area contributed by atoms with E-state index < -0.39 is 0 Å². The number of fused-ring (bicyclic) bond motifs is 1. The Morgan fingerprint density at radius 2 is 2.15 bits per heavy atom. The molecule has 4 atom stereocenters. The number of benzene rings is 1. The Morgan fingerprint density at radius 1 is 1.25 bits per heavy atom. The van der Waals surface area contributed by atoms with Crippen molar-refractivity contribution in [1.29, 1.82) is 0 Å². The van der Waals surface area contributed by atoms with Crippen LogP contribution in [-0.4, -0.2) is 26.7 Å². The van der Waals surface area contributed by atoms with Crippen LogP contribution in [0.15, 0.2) is 18.2 Å². The maximum Gasteiger partial charge on any atom is 0.119 e. The van der Waals surface area contributed by atoms with Crippen LogP contribution < -0.4 is 9.64 Å². The first-order valence-corrected chi connectivity index (χ1v) is 8.24. The summed E-state index contributed by atoms with van der Waals surface area (Å²) in [7, 11) is 4.21. The molecule has 108 valence electrons. The van der Waals surface area contributed by atoms with Crippen LogP contribution >= 0.6 is 0 Å². The highest BCUT2D eigenvalue weighted by atomic mass is 16.5. The van der Waals surface area contributed by atoms with Crippen molar-refractivity contribution in [3.63, 3.8) is 0 Å². The van der Waals surface area contributed by atoms with Gasteiger partial charge in [-0.05, 0) is 36.1 Å². The van der Waals surface area contributed by atoms with E-state index in [1.54, 1.807) is 23.1 Å². The van der Waals surface area contributed by atoms with Gasteiger partial charge in [0.1, 0.15) is 5.75 Å². The number of quaternary nitrogens is 1. The molecule has 20 heavy (non-hydrogen) atoms. The average Bonchev–Trinajstić information content (AvgIpc) is 2.50. The molecule has 0 amide bonds. The molecule has 2 bridgehead atoms. The van der Waals surface area contributed by atoms with Crippen molar-refractivity contribution < 1.29 is 9.64 Å². The predicted octanol–water partition coefficient (Wildman–Crippen LogP) is 1.97. The summed E-state index contributed by atoms with van der Waals surface area (Å²) in [5.41, 5.74) is 3.73. The second-order valence-corrected chi connectivity index (χ2v) is 7.19. The third-order valence-electron chi connectivity index (χ3n) is 6.48. The summed E-state index contributed by atoms with van der Waals surface area (Å²) in [5, 5.41) is 0. The van der Waals surface area contributed by atoms with Crippen molar-refractivity contribution in [2.24, 2.45) is 5.92 Å². The molecule has 3 aliphatic rings. The molecule has 1 saturated carbocycles. The van der Waals surface area contributed by atoms with Gasteiger partial charge in [-0.1, -0.05) is 18.9 Å². The number of rotatable bonds is 1. The van der Waals surface area contributed by atoms with Gasteiger partial charge in [0.05, 0.1) is 26.7 Å². The van der Waals surface area contributed by atoms with E-state index in [2.05, 4.69) is 25.2 Å². The second-order valence-electron chi connectivity index (χ2n) is 7.19. The third kappa shape index (κ3) is 1.60. The Morgan fingerprint density at radius 3 is 3.00 bits per heavy atom. The lowest BCUT2D eigenvalue weighted by Gasteiger charge is -2.56. The summed E-state index contributed by atoms with van der Waals surface area (Å²) >= 11 is 0. The van der Waals surface area contributed by atoms with Crippen LogP contribution in [0.4, 0.5) is 0 Å². The zero-order chi connectivity index (χ0) is 13.7. The van der Waals surface area contributed by atoms with Gasteiger partial charge in [-0.15, -0.1) is 0 Å². The largest absolute Gasteiger partial charge is 0.497 e. The SMILES string of the molecule is COc1ccc2c(c1)[C@@]13CCCC[C@H]1[C@@H](C2)[NH+](C)CC3. The molecular formula is C18H26NO+. The Hall–Kier alpha value is -1.02. The van der Waals surface area contributed by atoms with Crippen LogP contribution in [0.2, 0.25) is 0 Å². The Bertz CT molecular complexity index is 526. The van der Waals surface area contributed by atoms with Crippen molar-refractivity contribution in [2.75, 3.05) is 20.7 Å². The van der Waals surface area contributed by atoms with Gasteiger partial charge in [0.2, 0.25) is 0 Å². The minimum absolute atomic E-state index is 0.477. The van der Waals surface area contributed by atoms with Gasteiger partial charge in [0.25, 0.3) is 0 Å². The predicted molar refractivity (Wildman–Crippen MR) is 80.5 cm³/mol. The minimum Gasteiger partial charge on any atom is -0.497 e. The standard InChI is InChI=1S/C18H25NO/c1-19-10-9-18-8-4-3-5-15(18)17(19)11-13-6-7-14(20-2)12-16(13)18/h6-7,12,15,17H,3-5,8-11H2,1-2H3/p+1/t15-,17+,18+/m0/s1. The minimum atomic E-state index is 0.477. The van der Waals surface area contributed by atoms with Gasteiger partial charge in [-0.2, -0.15) is 0 Å². The molecule has 0 aromatic heterocycles. The number of likely N-dealkylation sites (tertiary alicyclic amines) is 1. The molecule has 2 aliphatic carbocycles. The van der Waals surface area contributed by atoms with E-state index >= 15 is 0 Å². The molecule has 1 saturated heterocycles. The van der Waals surface area contributed by atoms with Crippen LogP contribution in [0.5, 0.6) is 5.75 Å². The summed E-state index contributed by atoms with van der Waals surface area (Å²) in [5.74, 6) is 1.96. The van der Waals surface area contributed by atoms with E-state index in [1.807, 2.05) is 0 Å². The van der Waals surface area contributed by atoms with Crippen LogP contribution in [0.3, 0.4) is 0 Å². The smallest absolute Gasteiger partial charge is 0.119 e. The van der Waals surface area contributed by atoms with Crippen molar-refractivity contribution in [3.05, 3.63) is 29.3 Å². The number of methoxy groups -OCH3 is 1. The van der Waals surface area contributed by atoms with Gasteiger partial charge in [-0.3, -0.25) is 0 Å². The molecule has 1 unspecified atom stereocenters. The number of piperidine rings is 1. The van der Waals surface area contributed by atoms with Gasteiger partial charge in [-0.25, -0.2) is 0 Å². The van der Waals surface area contributed by atoms with Gasteiger partial charge >= 0.3 is 0 Å². The van der Waals surface area contributed by atoms with E-state index in [4.69, 9.17) is 4.74 Å². The van der Waals surface area contributed by atoms with Gasteiger partial charge < -0.3 is 9.64 Å². The highest BCUT2D eigenvalue weighted by Gasteiger charge is 2.55. The van der Waals surface area contributed by atoms with Gasteiger partial charge in [0, 0.05) is 24.2 Å². The summed E-state index contributed by atoms with van der Waals surface area (Å²) in [4.78, 5) is 1.77. The molecule has 0 radical (unpaired) electrons. The first kappa shape index (κ1) is 12.7. The van der Waals surface area contributed by atoms with Crippen molar-refractivity contribution in [3.8, 4) is 5.75 Å². The molecule has 4 rings (SSSR count). The lowest BCUT2D eigenvalue weighted by Crippen LogP contribution is -3.16. The van der Waals surface area contributed by atoms with Crippen molar-refractivity contribution in [2.45, 2.75) is 50.0 Å². The normalized spacial score (nSPS) is 38.8. The van der Waals surface area contributed by atoms with Crippen LogP contribution in [-0.2, 0) is 11.8 Å². The maximum absolute atomic E-state index is 5.51. The van der Waals surface area contributed by atoms with Crippen LogP contribution in [0.1, 0.15) is 43.2 Å². The Kier molecular flexibility index (Phi) is 2.85. The lowest BCUT2D eigenvalue weighted by molar-refractivity contribution is -0.919. The Balaban J connectivity index is 1.88. The average molecular weight is 272 g/mol. The maximum atomic E-state index is 5.51. The summed E-state index contributed by atoms with van der Waals surface area (Å²) in [6.45, 7) is 1.35. The molecular weight excluding hydrogens is 246 g/mol. The third-order valence-corrected chi connectivity index (χ3v) is 6.48. The van der Waals surface area contributed by atoms with E-state index in [0.717, 1.165) is 17.7 Å². The molecule has 1 aromatic carbocycles. The highest BCUT2D eigenvalue weighted by Crippen LogP contribution is 2.53. The van der Waals surface area contributed by atoms with Gasteiger partial charge in [0.15, 0.2) is 0 Å². The highest BCUT2D eigenvalue weighted by molar-refractivity contribution is 5.44. The molecule has 2 fully saturated rings. The molecule has 2 nitrogen and oxygen atoms in total. The fraction of sp³-hybridized carbons (Fsp3) is 0.667. The summed E-state index contributed by atoms with van der Waals surface area (Å²) < 4.78 is 5.51. The monoisotopic (exact) mass is 272 g/mol. The molecule has 1 heterocycles. The lowest BCUT2D eigenvalue weighted by atomic mass is 9.52. The van der Waals surface area contributed by atoms with E-state index in [1.165, 1.54) is 45.1 Å². The molecule has 0 spiro atoms. The van der Waals surface area contributed by atoms with E-state index in [-0.39, 0.29) is 0 Å². The van der Waals surface area contributed by atoms with Crippen LogP contribution in [0.25, 0.3) is 0 Å². The quantitative estimate of drug-likeness (QED) is 0.825. The number of hydrogen-bond donors (Lipinski definition) is 1. The summed E-state index contributed by atoms with van der Waals surface area (Å²) in [6, 6.07) is 7.71. The van der Waals surface area contributed by atoms with E-state index in [0.29, 0.717) is 5.41 Å². The second kappa shape index (κ2) is 4.49. The number of ether oxygens (including phenoxy) is 1. The zero-order valence-electron chi connectivity index (χ0n) is 12.7. The van der Waals surface area contributed by atoms with Crippen molar-refractivity contribution in [1.82, 2.24) is 0 Å². The molecule has 1 N–H and O–H groups in total. The molecule has 1 aromatic rings. The fourth-order valence-corrected chi connectivity index (χ4v) is 5.46. The Labute approximate surface area is 122 Å². The van der Waals surface area contributed by atoms with Crippen molar-refractivity contribution >= 4 is 0 Å². The topological polar surface area (TPSA) is 13.7 Å². The zero-order valence-corrected chi connectivity index (χ0v) is 12.7. The molecule has 2 heteroatoms. The first-order valence-electron chi connectivity index (χ1n) is 8.24. The number of hydrogen-bond acceptors (Lipinski definition) is 1.